The highest BCUT2D eigenvalue weighted by molar-refractivity contribution is 5.99. The number of nitrogens with one attached hydrogen (secondary N) is 1. The van der Waals surface area contributed by atoms with E-state index in [1.807, 2.05) is 45.9 Å². The van der Waals surface area contributed by atoms with Gasteiger partial charge in [0.15, 0.2) is 5.76 Å². The largest absolute Gasteiger partial charge is 0.451 e. The highest BCUT2D eigenvalue weighted by Crippen LogP contribution is 2.28. The van der Waals surface area contributed by atoms with E-state index in [1.165, 1.54) is 0 Å². The number of benzene rings is 1. The number of piperidine rings is 1. The number of rotatable bonds is 3. The van der Waals surface area contributed by atoms with E-state index in [4.69, 9.17) is 4.42 Å². The molecular weight excluding hydrogens is 316 g/mol. The molecule has 0 saturated carbocycles. The molecule has 1 aromatic heterocycles. The summed E-state index contributed by atoms with van der Waals surface area (Å²) in [4.78, 5) is 26.8. The Labute approximate surface area is 148 Å². The number of carbonyl (C=O) groups is 2. The normalized spacial score (nSPS) is 15.8. The summed E-state index contributed by atoms with van der Waals surface area (Å²) in [6.07, 6.45) is 1.39. The van der Waals surface area contributed by atoms with Crippen molar-refractivity contribution in [3.63, 3.8) is 0 Å². The van der Waals surface area contributed by atoms with Gasteiger partial charge in [-0.3, -0.25) is 9.59 Å². The molecule has 1 aromatic carbocycles. The van der Waals surface area contributed by atoms with Gasteiger partial charge in [0.1, 0.15) is 5.58 Å². The molecule has 0 bridgehead atoms. The van der Waals surface area contributed by atoms with Crippen LogP contribution in [0.15, 0.2) is 22.6 Å². The molecule has 1 saturated heterocycles. The Morgan fingerprint density at radius 1 is 1.20 bits per heavy atom. The molecule has 2 aromatic rings. The zero-order chi connectivity index (χ0) is 18.1. The predicted octanol–water partition coefficient (Wildman–Crippen LogP) is 3.43. The predicted molar refractivity (Wildman–Crippen MR) is 97.6 cm³/mol. The third-order valence-corrected chi connectivity index (χ3v) is 4.87. The van der Waals surface area contributed by atoms with Crippen LogP contribution in [0.5, 0.6) is 0 Å². The van der Waals surface area contributed by atoms with Crippen molar-refractivity contribution in [2.45, 2.75) is 46.6 Å². The van der Waals surface area contributed by atoms with E-state index >= 15 is 0 Å². The first-order valence-corrected chi connectivity index (χ1v) is 8.96. The number of carbonyl (C=O) groups excluding carboxylic acids is 2. The SMILES string of the molecule is Cc1ccc2oc(C(=O)N3CCC(C(=O)NC(C)C)CC3)c(C)c2c1. The third kappa shape index (κ3) is 3.55. The highest BCUT2D eigenvalue weighted by atomic mass is 16.3. The Bertz CT molecular complexity index is 799. The summed E-state index contributed by atoms with van der Waals surface area (Å²) in [6, 6.07) is 6.09. The number of hydrogen-bond donors (Lipinski definition) is 1. The molecule has 134 valence electrons. The van der Waals surface area contributed by atoms with Gasteiger partial charge in [0, 0.05) is 36.0 Å². The lowest BCUT2D eigenvalue weighted by Gasteiger charge is -2.31. The molecule has 0 spiro atoms. The first kappa shape index (κ1) is 17.5. The molecule has 5 nitrogen and oxygen atoms in total. The molecule has 0 unspecified atom stereocenters. The van der Waals surface area contributed by atoms with Crippen LogP contribution in [-0.4, -0.2) is 35.8 Å². The molecular formula is C20H26N2O3. The van der Waals surface area contributed by atoms with E-state index in [1.54, 1.807) is 4.90 Å². The maximum absolute atomic E-state index is 12.9. The van der Waals surface area contributed by atoms with Crippen molar-refractivity contribution in [3.05, 3.63) is 35.1 Å². The van der Waals surface area contributed by atoms with Crippen LogP contribution >= 0.6 is 0 Å². The van der Waals surface area contributed by atoms with Crippen molar-refractivity contribution in [1.29, 1.82) is 0 Å². The average Bonchev–Trinajstić information content (AvgIpc) is 2.90. The van der Waals surface area contributed by atoms with Gasteiger partial charge >= 0.3 is 0 Å². The molecule has 1 fully saturated rings. The van der Waals surface area contributed by atoms with Crippen LogP contribution in [0, 0.1) is 19.8 Å². The van der Waals surface area contributed by atoms with Crippen LogP contribution < -0.4 is 5.32 Å². The van der Waals surface area contributed by atoms with Gasteiger partial charge in [-0.25, -0.2) is 0 Å². The van der Waals surface area contributed by atoms with Crippen molar-refractivity contribution in [1.82, 2.24) is 10.2 Å². The van der Waals surface area contributed by atoms with Gasteiger partial charge in [-0.15, -0.1) is 0 Å². The summed E-state index contributed by atoms with van der Waals surface area (Å²) in [6.45, 7) is 9.06. The summed E-state index contributed by atoms with van der Waals surface area (Å²) in [5.74, 6) is 0.433. The van der Waals surface area contributed by atoms with E-state index in [-0.39, 0.29) is 23.8 Å². The first-order chi connectivity index (χ1) is 11.9. The summed E-state index contributed by atoms with van der Waals surface area (Å²) in [7, 11) is 0. The molecule has 1 aliphatic heterocycles. The highest BCUT2D eigenvalue weighted by Gasteiger charge is 2.30. The zero-order valence-corrected chi connectivity index (χ0v) is 15.4. The van der Waals surface area contributed by atoms with Crippen molar-refractivity contribution in [2.75, 3.05) is 13.1 Å². The van der Waals surface area contributed by atoms with Gasteiger partial charge in [-0.2, -0.15) is 0 Å². The maximum Gasteiger partial charge on any atom is 0.289 e. The summed E-state index contributed by atoms with van der Waals surface area (Å²) in [5, 5.41) is 3.95. The van der Waals surface area contributed by atoms with E-state index in [9.17, 15) is 9.59 Å². The standard InChI is InChI=1S/C20H26N2O3/c1-12(2)21-19(23)15-7-9-22(10-8-15)20(24)18-14(4)16-11-13(3)5-6-17(16)25-18/h5-6,11-12,15H,7-10H2,1-4H3,(H,21,23). The van der Waals surface area contributed by atoms with Gasteiger partial charge in [0.05, 0.1) is 0 Å². The van der Waals surface area contributed by atoms with Crippen molar-refractivity contribution in [2.24, 2.45) is 5.92 Å². The lowest BCUT2D eigenvalue weighted by molar-refractivity contribution is -0.126. The fourth-order valence-electron chi connectivity index (χ4n) is 3.43. The fraction of sp³-hybridized carbons (Fsp3) is 0.500. The Hall–Kier alpha value is -2.30. The number of amides is 2. The lowest BCUT2D eigenvalue weighted by atomic mass is 9.95. The van der Waals surface area contributed by atoms with E-state index < -0.39 is 0 Å². The molecule has 25 heavy (non-hydrogen) atoms. The van der Waals surface area contributed by atoms with Crippen LogP contribution in [0.3, 0.4) is 0 Å². The zero-order valence-electron chi connectivity index (χ0n) is 15.4. The minimum atomic E-state index is -0.0749. The molecule has 1 aliphatic rings. The number of fused-ring (bicyclic) bond motifs is 1. The molecule has 3 rings (SSSR count). The topological polar surface area (TPSA) is 62.6 Å². The minimum absolute atomic E-state index is 0.00845. The molecule has 2 amide bonds. The van der Waals surface area contributed by atoms with Gasteiger partial charge in [-0.05, 0) is 52.7 Å². The number of hydrogen-bond acceptors (Lipinski definition) is 3. The molecule has 2 heterocycles. The van der Waals surface area contributed by atoms with Crippen molar-refractivity contribution in [3.8, 4) is 0 Å². The van der Waals surface area contributed by atoms with Crippen LogP contribution in [-0.2, 0) is 4.79 Å². The molecule has 1 N–H and O–H groups in total. The second-order valence-corrected chi connectivity index (χ2v) is 7.29. The second-order valence-electron chi connectivity index (χ2n) is 7.29. The monoisotopic (exact) mass is 342 g/mol. The van der Waals surface area contributed by atoms with Crippen molar-refractivity contribution < 1.29 is 14.0 Å². The van der Waals surface area contributed by atoms with E-state index in [0.29, 0.717) is 31.7 Å². The minimum Gasteiger partial charge on any atom is -0.451 e. The number of aryl methyl sites for hydroxylation is 2. The number of furan rings is 1. The second kappa shape index (κ2) is 6.90. The fourth-order valence-corrected chi connectivity index (χ4v) is 3.43. The maximum atomic E-state index is 12.9. The lowest BCUT2D eigenvalue weighted by Crippen LogP contribution is -2.44. The van der Waals surface area contributed by atoms with Crippen LogP contribution in [0.25, 0.3) is 11.0 Å². The van der Waals surface area contributed by atoms with E-state index in [2.05, 4.69) is 5.32 Å². The Morgan fingerprint density at radius 3 is 2.52 bits per heavy atom. The Balaban J connectivity index is 1.71. The molecule has 5 heteroatoms. The van der Waals surface area contributed by atoms with Crippen molar-refractivity contribution >= 4 is 22.8 Å². The summed E-state index contributed by atoms with van der Waals surface area (Å²) < 4.78 is 5.83. The van der Waals surface area contributed by atoms with Gasteiger partial charge < -0.3 is 14.6 Å². The smallest absolute Gasteiger partial charge is 0.289 e. The molecule has 0 aliphatic carbocycles. The molecule has 0 atom stereocenters. The van der Waals surface area contributed by atoms with Crippen LogP contribution in [0.4, 0.5) is 0 Å². The number of likely N-dealkylation sites (tertiary alicyclic amines) is 1. The van der Waals surface area contributed by atoms with Crippen LogP contribution in [0.2, 0.25) is 0 Å². The van der Waals surface area contributed by atoms with Gasteiger partial charge in [0.25, 0.3) is 5.91 Å². The van der Waals surface area contributed by atoms with Gasteiger partial charge in [0.2, 0.25) is 5.91 Å². The third-order valence-electron chi connectivity index (χ3n) is 4.87. The van der Waals surface area contributed by atoms with Gasteiger partial charge in [-0.1, -0.05) is 11.6 Å². The summed E-state index contributed by atoms with van der Waals surface area (Å²) >= 11 is 0. The molecule has 0 radical (unpaired) electrons. The number of nitrogens with zero attached hydrogens (tertiary/aromatic N) is 1. The Morgan fingerprint density at radius 2 is 1.88 bits per heavy atom. The quantitative estimate of drug-likeness (QED) is 0.929. The Kier molecular flexibility index (Phi) is 4.84. The van der Waals surface area contributed by atoms with Crippen LogP contribution in [0.1, 0.15) is 48.4 Å². The van der Waals surface area contributed by atoms with E-state index in [0.717, 1.165) is 22.1 Å². The average molecular weight is 342 g/mol. The first-order valence-electron chi connectivity index (χ1n) is 8.96. The summed E-state index contributed by atoms with van der Waals surface area (Å²) in [5.41, 5.74) is 2.79.